The number of Topliss-reactive ketones (excluding diaryl/α,β-unsaturated/α-hetero) is 1. The molecule has 0 saturated carbocycles. The summed E-state index contributed by atoms with van der Waals surface area (Å²) >= 11 is 6.02. The summed E-state index contributed by atoms with van der Waals surface area (Å²) < 4.78 is 11.4. The number of nitrogens with zero attached hydrogens (tertiary/aromatic N) is 1. The molecule has 8 heteroatoms. The van der Waals surface area contributed by atoms with Crippen LogP contribution in [0.15, 0.2) is 65.1 Å². The molecule has 2 saturated heterocycles. The molecule has 3 unspecified atom stereocenters. The number of hydrogen-bond donors (Lipinski definition) is 1. The van der Waals surface area contributed by atoms with E-state index in [-0.39, 0.29) is 30.8 Å². The van der Waals surface area contributed by atoms with Gasteiger partial charge in [-0.05, 0) is 37.1 Å². The van der Waals surface area contributed by atoms with Gasteiger partial charge < -0.3 is 19.4 Å². The van der Waals surface area contributed by atoms with Crippen molar-refractivity contribution in [2.24, 2.45) is 0 Å². The summed E-state index contributed by atoms with van der Waals surface area (Å²) in [5.74, 6) is 0.217. The second-order valence-corrected chi connectivity index (χ2v) is 9.32. The molecule has 3 heterocycles. The zero-order chi connectivity index (χ0) is 24.5. The molecule has 7 nitrogen and oxygen atoms in total. The lowest BCUT2D eigenvalue weighted by Crippen LogP contribution is -2.53. The van der Waals surface area contributed by atoms with Gasteiger partial charge in [0.1, 0.15) is 30.2 Å². The van der Waals surface area contributed by atoms with E-state index in [1.165, 1.54) is 0 Å². The van der Waals surface area contributed by atoms with Gasteiger partial charge in [-0.3, -0.25) is 14.4 Å². The number of carbonyl (C=O) groups is 3. The van der Waals surface area contributed by atoms with Crippen molar-refractivity contribution in [1.82, 2.24) is 10.2 Å². The Balaban J connectivity index is 1.40. The van der Waals surface area contributed by atoms with Gasteiger partial charge in [0.05, 0.1) is 11.7 Å². The second kappa shape index (κ2) is 9.68. The number of nitrogens with one attached hydrogen (secondary N) is 1. The molecule has 2 amide bonds. The van der Waals surface area contributed by atoms with Crippen molar-refractivity contribution >= 4 is 29.2 Å². The van der Waals surface area contributed by atoms with E-state index in [0.29, 0.717) is 35.1 Å². The van der Waals surface area contributed by atoms with Gasteiger partial charge in [0, 0.05) is 23.6 Å². The summed E-state index contributed by atoms with van der Waals surface area (Å²) in [5.41, 5.74) is 2.05. The van der Waals surface area contributed by atoms with E-state index in [2.05, 4.69) is 5.32 Å². The number of ether oxygens (including phenoxy) is 1. The molecule has 0 radical (unpaired) electrons. The fourth-order valence-electron chi connectivity index (χ4n) is 4.79. The van der Waals surface area contributed by atoms with Crippen LogP contribution in [-0.4, -0.2) is 53.8 Å². The predicted molar refractivity (Wildman–Crippen MR) is 130 cm³/mol. The number of fused-ring (bicyclic) bond motifs is 1. The van der Waals surface area contributed by atoms with Gasteiger partial charge in [-0.25, -0.2) is 0 Å². The van der Waals surface area contributed by atoms with Crippen molar-refractivity contribution < 1.29 is 23.5 Å². The fraction of sp³-hybridized carbons (Fsp3) is 0.296. The molecule has 3 atom stereocenters. The van der Waals surface area contributed by atoms with Crippen LogP contribution in [0.25, 0.3) is 11.3 Å². The van der Waals surface area contributed by atoms with Crippen LogP contribution in [0.3, 0.4) is 0 Å². The van der Waals surface area contributed by atoms with Gasteiger partial charge in [0.25, 0.3) is 5.91 Å². The minimum atomic E-state index is -0.870. The van der Waals surface area contributed by atoms with Crippen molar-refractivity contribution in [3.05, 3.63) is 82.6 Å². The van der Waals surface area contributed by atoms with E-state index >= 15 is 0 Å². The first kappa shape index (κ1) is 23.3. The lowest BCUT2D eigenvalue weighted by atomic mass is 10.0. The van der Waals surface area contributed by atoms with E-state index in [9.17, 15) is 14.4 Å². The number of halogens is 1. The molecule has 2 aromatic carbocycles. The SMILES string of the molecule is Cc1oc(-c2ccccc2)cc1C(=O)NC(Cc1ccc(Cl)cc1)C(=O)N1CCC2OCC(=O)C21. The first-order valence-corrected chi connectivity index (χ1v) is 11.9. The standard InChI is InChI=1S/C27H25ClN2O5/c1-16-20(14-24(35-16)18-5-3-2-4-6-18)26(32)29-21(13-17-7-9-19(28)10-8-17)27(33)30-12-11-23-25(30)22(31)15-34-23/h2-10,14,21,23,25H,11-13,15H2,1H3,(H,29,32). The van der Waals surface area contributed by atoms with Crippen molar-refractivity contribution in [3.63, 3.8) is 0 Å². The maximum absolute atomic E-state index is 13.6. The molecule has 0 bridgehead atoms. The summed E-state index contributed by atoms with van der Waals surface area (Å²) in [4.78, 5) is 40.9. The molecule has 1 N–H and O–H groups in total. The van der Waals surface area contributed by atoms with Crippen LogP contribution in [0.5, 0.6) is 0 Å². The lowest BCUT2D eigenvalue weighted by molar-refractivity contribution is -0.138. The summed E-state index contributed by atoms with van der Waals surface area (Å²) in [5, 5.41) is 3.48. The Morgan fingerprint density at radius 1 is 1.14 bits per heavy atom. The van der Waals surface area contributed by atoms with Crippen molar-refractivity contribution in [2.45, 2.75) is 38.0 Å². The zero-order valence-electron chi connectivity index (χ0n) is 19.2. The maximum atomic E-state index is 13.6. The predicted octanol–water partition coefficient (Wildman–Crippen LogP) is 3.82. The Morgan fingerprint density at radius 3 is 2.63 bits per heavy atom. The number of benzene rings is 2. The molecule has 3 aromatic rings. The first-order chi connectivity index (χ1) is 16.9. The number of rotatable bonds is 6. The highest BCUT2D eigenvalue weighted by molar-refractivity contribution is 6.30. The number of amides is 2. The monoisotopic (exact) mass is 492 g/mol. The normalized spacial score (nSPS) is 20.1. The average molecular weight is 493 g/mol. The summed E-state index contributed by atoms with van der Waals surface area (Å²) in [6.45, 7) is 2.15. The van der Waals surface area contributed by atoms with Gasteiger partial charge in [-0.2, -0.15) is 0 Å². The van der Waals surface area contributed by atoms with Crippen molar-refractivity contribution in [3.8, 4) is 11.3 Å². The average Bonchev–Trinajstić information content (AvgIpc) is 3.56. The smallest absolute Gasteiger partial charge is 0.255 e. The Hall–Kier alpha value is -3.42. The van der Waals surface area contributed by atoms with Gasteiger partial charge in [-0.1, -0.05) is 54.1 Å². The van der Waals surface area contributed by atoms with Crippen LogP contribution in [0.4, 0.5) is 0 Å². The maximum Gasteiger partial charge on any atom is 0.255 e. The molecular weight excluding hydrogens is 468 g/mol. The highest BCUT2D eigenvalue weighted by Crippen LogP contribution is 2.29. The fourth-order valence-corrected chi connectivity index (χ4v) is 4.91. The van der Waals surface area contributed by atoms with Crippen molar-refractivity contribution in [2.75, 3.05) is 13.2 Å². The third-order valence-corrected chi connectivity index (χ3v) is 6.82. The Bertz CT molecular complexity index is 1250. The van der Waals surface area contributed by atoms with E-state index < -0.39 is 18.0 Å². The molecular formula is C27H25ClN2O5. The van der Waals surface area contributed by atoms with Crippen LogP contribution in [0.1, 0.15) is 28.1 Å². The van der Waals surface area contributed by atoms with Crippen LogP contribution in [0, 0.1) is 6.92 Å². The Morgan fingerprint density at radius 2 is 1.89 bits per heavy atom. The topological polar surface area (TPSA) is 88.8 Å². The summed E-state index contributed by atoms with van der Waals surface area (Å²) in [7, 11) is 0. The molecule has 0 spiro atoms. The molecule has 2 fully saturated rings. The number of carbonyl (C=O) groups excluding carboxylic acids is 3. The molecule has 2 aliphatic heterocycles. The Kier molecular flexibility index (Phi) is 6.45. The van der Waals surface area contributed by atoms with Gasteiger partial charge >= 0.3 is 0 Å². The van der Waals surface area contributed by atoms with Crippen LogP contribution >= 0.6 is 11.6 Å². The number of aryl methyl sites for hydroxylation is 1. The summed E-state index contributed by atoms with van der Waals surface area (Å²) in [6, 6.07) is 16.8. The second-order valence-electron chi connectivity index (χ2n) is 8.88. The largest absolute Gasteiger partial charge is 0.461 e. The molecule has 0 aliphatic carbocycles. The van der Waals surface area contributed by atoms with E-state index in [4.69, 9.17) is 20.8 Å². The van der Waals surface area contributed by atoms with Gasteiger partial charge in [0.2, 0.25) is 5.91 Å². The van der Waals surface area contributed by atoms with Crippen molar-refractivity contribution in [1.29, 1.82) is 0 Å². The number of ketones is 1. The van der Waals surface area contributed by atoms with Crippen LogP contribution in [-0.2, 0) is 20.7 Å². The lowest BCUT2D eigenvalue weighted by Gasteiger charge is -2.27. The third-order valence-electron chi connectivity index (χ3n) is 6.57. The van der Waals surface area contributed by atoms with Gasteiger partial charge in [0.15, 0.2) is 5.78 Å². The molecule has 1 aromatic heterocycles. The third kappa shape index (κ3) is 4.74. The first-order valence-electron chi connectivity index (χ1n) is 11.6. The minimum Gasteiger partial charge on any atom is -0.461 e. The van der Waals surface area contributed by atoms with E-state index in [1.54, 1.807) is 30.0 Å². The molecule has 2 aliphatic rings. The molecule has 35 heavy (non-hydrogen) atoms. The number of likely N-dealkylation sites (tertiary alicyclic amines) is 1. The molecule has 180 valence electrons. The quantitative estimate of drug-likeness (QED) is 0.565. The highest BCUT2D eigenvalue weighted by atomic mass is 35.5. The van der Waals surface area contributed by atoms with E-state index in [0.717, 1.165) is 11.1 Å². The van der Waals surface area contributed by atoms with E-state index in [1.807, 2.05) is 42.5 Å². The zero-order valence-corrected chi connectivity index (χ0v) is 20.0. The van der Waals surface area contributed by atoms with Crippen LogP contribution < -0.4 is 5.32 Å². The number of furan rings is 1. The van der Waals surface area contributed by atoms with Gasteiger partial charge in [-0.15, -0.1) is 0 Å². The minimum absolute atomic E-state index is 0.0177. The molecule has 5 rings (SSSR count). The summed E-state index contributed by atoms with van der Waals surface area (Å²) in [6.07, 6.45) is 0.584. The number of hydrogen-bond acceptors (Lipinski definition) is 5. The highest BCUT2D eigenvalue weighted by Gasteiger charge is 2.48. The Labute approximate surface area is 208 Å². The van der Waals surface area contributed by atoms with Crippen LogP contribution in [0.2, 0.25) is 5.02 Å².